The van der Waals surface area contributed by atoms with Crippen molar-refractivity contribution in [3.63, 3.8) is 0 Å². The Labute approximate surface area is 298 Å². The number of hydrogen-bond acceptors (Lipinski definition) is 1. The quantitative estimate of drug-likeness (QED) is 0.174. The number of nitrogens with zero attached hydrogens (tertiary/aromatic N) is 1. The van der Waals surface area contributed by atoms with Gasteiger partial charge in [0.2, 0.25) is 0 Å². The molecule has 10 rings (SSSR count). The summed E-state index contributed by atoms with van der Waals surface area (Å²) in [5.74, 6) is 0. The van der Waals surface area contributed by atoms with Crippen LogP contribution >= 0.6 is 0 Å². The summed E-state index contributed by atoms with van der Waals surface area (Å²) in [6.45, 7) is 0. The summed E-state index contributed by atoms with van der Waals surface area (Å²) >= 11 is 0. The number of anilines is 3. The van der Waals surface area contributed by atoms with Crippen molar-refractivity contribution < 1.29 is 0 Å². The van der Waals surface area contributed by atoms with Crippen molar-refractivity contribution in [3.05, 3.63) is 200 Å². The molecular weight excluding hydrogens is 615 g/mol. The van der Waals surface area contributed by atoms with E-state index in [0.717, 1.165) is 17.1 Å². The molecule has 0 unspecified atom stereocenters. The molecule has 0 fully saturated rings. The van der Waals surface area contributed by atoms with Crippen molar-refractivity contribution in [1.29, 1.82) is 0 Å². The second-order valence-electron chi connectivity index (χ2n) is 13.4. The largest absolute Gasteiger partial charge is 0.310 e. The van der Waals surface area contributed by atoms with Crippen LogP contribution < -0.4 is 4.90 Å². The van der Waals surface area contributed by atoms with Crippen LogP contribution in [0, 0.1) is 0 Å². The molecule has 0 aliphatic heterocycles. The number of hydrogen-bond donors (Lipinski definition) is 0. The fourth-order valence-electron chi connectivity index (χ4n) is 7.73. The highest BCUT2D eigenvalue weighted by atomic mass is 15.1. The molecule has 0 saturated carbocycles. The van der Waals surface area contributed by atoms with Crippen molar-refractivity contribution >= 4 is 38.6 Å². The Kier molecular flexibility index (Phi) is 6.89. The van der Waals surface area contributed by atoms with E-state index in [1.165, 1.54) is 77.2 Å². The summed E-state index contributed by atoms with van der Waals surface area (Å²) in [5, 5.41) is 5.02. The van der Waals surface area contributed by atoms with Gasteiger partial charge in [0, 0.05) is 16.8 Å². The van der Waals surface area contributed by atoms with Crippen LogP contribution in [0.5, 0.6) is 0 Å². The zero-order valence-corrected chi connectivity index (χ0v) is 28.0. The van der Waals surface area contributed by atoms with Gasteiger partial charge < -0.3 is 4.90 Å². The van der Waals surface area contributed by atoms with Crippen LogP contribution in [0.25, 0.3) is 77.2 Å². The van der Waals surface area contributed by atoms with Gasteiger partial charge in [-0.05, 0) is 132 Å². The highest BCUT2D eigenvalue weighted by Crippen LogP contribution is 2.52. The molecule has 1 heteroatoms. The van der Waals surface area contributed by atoms with Crippen LogP contribution in [-0.4, -0.2) is 0 Å². The van der Waals surface area contributed by atoms with Gasteiger partial charge in [0.15, 0.2) is 0 Å². The van der Waals surface area contributed by atoms with E-state index in [1.807, 2.05) is 0 Å². The molecule has 9 aromatic rings. The first kappa shape index (κ1) is 29.2. The molecule has 51 heavy (non-hydrogen) atoms. The minimum atomic E-state index is 1.12. The fourth-order valence-corrected chi connectivity index (χ4v) is 7.73. The average molecular weight is 648 g/mol. The third-order valence-electron chi connectivity index (χ3n) is 10.4. The molecule has 0 bridgehead atoms. The van der Waals surface area contributed by atoms with Crippen LogP contribution in [0.3, 0.4) is 0 Å². The predicted molar refractivity (Wildman–Crippen MR) is 217 cm³/mol. The Hall–Kier alpha value is -6.70. The zero-order chi connectivity index (χ0) is 33.7. The Balaban J connectivity index is 1.09. The predicted octanol–water partition coefficient (Wildman–Crippen LogP) is 14.1. The van der Waals surface area contributed by atoms with Crippen LogP contribution in [-0.2, 0) is 0 Å². The summed E-state index contributed by atoms with van der Waals surface area (Å²) in [5.41, 5.74) is 16.1. The van der Waals surface area contributed by atoms with Gasteiger partial charge in [0.05, 0.1) is 5.69 Å². The number of benzene rings is 9. The molecule has 0 aromatic heterocycles. The molecule has 238 valence electrons. The molecule has 1 aliphatic carbocycles. The number of rotatable bonds is 6. The Morgan fingerprint density at radius 1 is 0.255 bits per heavy atom. The highest BCUT2D eigenvalue weighted by Gasteiger charge is 2.25. The summed E-state index contributed by atoms with van der Waals surface area (Å²) in [4.78, 5) is 2.41. The molecule has 0 radical (unpaired) electrons. The zero-order valence-electron chi connectivity index (χ0n) is 28.0. The Bertz CT molecular complexity index is 2610. The van der Waals surface area contributed by atoms with Crippen LogP contribution in [0.4, 0.5) is 17.1 Å². The van der Waals surface area contributed by atoms with Gasteiger partial charge in [-0.3, -0.25) is 0 Å². The van der Waals surface area contributed by atoms with E-state index in [0.29, 0.717) is 0 Å². The molecule has 1 aliphatic rings. The van der Waals surface area contributed by atoms with Crippen LogP contribution in [0.1, 0.15) is 0 Å². The number of fused-ring (bicyclic) bond motifs is 6. The van der Waals surface area contributed by atoms with Gasteiger partial charge >= 0.3 is 0 Å². The smallest absolute Gasteiger partial charge is 0.0540 e. The lowest BCUT2D eigenvalue weighted by Gasteiger charge is -2.30. The van der Waals surface area contributed by atoms with E-state index in [9.17, 15) is 0 Å². The van der Waals surface area contributed by atoms with Crippen LogP contribution in [0.15, 0.2) is 200 Å². The fraction of sp³-hybridized carbons (Fsp3) is 0. The van der Waals surface area contributed by atoms with E-state index in [-0.39, 0.29) is 0 Å². The lowest BCUT2D eigenvalue weighted by atomic mass is 9.77. The lowest BCUT2D eigenvalue weighted by Crippen LogP contribution is -2.11. The monoisotopic (exact) mass is 647 g/mol. The van der Waals surface area contributed by atoms with E-state index in [2.05, 4.69) is 205 Å². The lowest BCUT2D eigenvalue weighted by molar-refractivity contribution is 1.30. The standard InChI is InChI=1S/C50H33N/c1-4-11-34(12-5-1)37-21-25-43(26-22-37)51(44-27-23-38(24-28-44)35-13-6-2-7-14-35)50-18-10-17-41-31-47-48-32-42-29-39(36-15-8-3-9-16-36)19-20-40(42)30-46(48)49(47)33-45(41)50/h1-33H. The van der Waals surface area contributed by atoms with Gasteiger partial charge in [-0.1, -0.05) is 140 Å². The molecule has 0 atom stereocenters. The van der Waals surface area contributed by atoms with Gasteiger partial charge in [0.1, 0.15) is 0 Å². The third kappa shape index (κ3) is 5.10. The molecular formula is C50H33N. The first-order chi connectivity index (χ1) is 25.3. The summed E-state index contributed by atoms with van der Waals surface area (Å²) in [7, 11) is 0. The third-order valence-corrected chi connectivity index (χ3v) is 10.4. The van der Waals surface area contributed by atoms with Gasteiger partial charge in [-0.15, -0.1) is 0 Å². The molecule has 0 amide bonds. The van der Waals surface area contributed by atoms with Crippen molar-refractivity contribution in [2.24, 2.45) is 0 Å². The average Bonchev–Trinajstić information content (AvgIpc) is 3.21. The minimum Gasteiger partial charge on any atom is -0.310 e. The topological polar surface area (TPSA) is 3.24 Å². The first-order valence-corrected chi connectivity index (χ1v) is 17.6. The van der Waals surface area contributed by atoms with E-state index >= 15 is 0 Å². The van der Waals surface area contributed by atoms with Crippen molar-refractivity contribution in [2.75, 3.05) is 4.90 Å². The molecule has 0 saturated heterocycles. The maximum Gasteiger partial charge on any atom is 0.0540 e. The molecule has 0 heterocycles. The molecule has 9 aromatic carbocycles. The first-order valence-electron chi connectivity index (χ1n) is 17.6. The second kappa shape index (κ2) is 12.0. The molecule has 0 spiro atoms. The van der Waals surface area contributed by atoms with E-state index in [1.54, 1.807) is 0 Å². The summed E-state index contributed by atoms with van der Waals surface area (Å²) in [6.07, 6.45) is 0. The maximum absolute atomic E-state index is 2.41. The van der Waals surface area contributed by atoms with Gasteiger partial charge in [-0.2, -0.15) is 0 Å². The SMILES string of the molecule is c1ccc(-c2ccc(N(c3ccc(-c4ccccc4)cc3)c3cccc4cc5c(cc34)-c3cc4ccc(-c6ccccc6)cc4cc3-5)cc2)cc1. The second-order valence-corrected chi connectivity index (χ2v) is 13.4. The molecule has 1 nitrogen and oxygen atoms in total. The highest BCUT2D eigenvalue weighted by molar-refractivity contribution is 6.14. The van der Waals surface area contributed by atoms with Crippen LogP contribution in [0.2, 0.25) is 0 Å². The Morgan fingerprint density at radius 3 is 1.24 bits per heavy atom. The summed E-state index contributed by atoms with van der Waals surface area (Å²) in [6, 6.07) is 72.9. The van der Waals surface area contributed by atoms with Gasteiger partial charge in [0.25, 0.3) is 0 Å². The van der Waals surface area contributed by atoms with Gasteiger partial charge in [-0.25, -0.2) is 0 Å². The van der Waals surface area contributed by atoms with E-state index in [4.69, 9.17) is 0 Å². The minimum absolute atomic E-state index is 1.12. The molecule has 0 N–H and O–H groups in total. The maximum atomic E-state index is 2.41. The van der Waals surface area contributed by atoms with Crippen molar-refractivity contribution in [1.82, 2.24) is 0 Å². The van der Waals surface area contributed by atoms with E-state index < -0.39 is 0 Å². The van der Waals surface area contributed by atoms with Crippen molar-refractivity contribution in [3.8, 4) is 55.6 Å². The normalized spacial score (nSPS) is 11.5. The summed E-state index contributed by atoms with van der Waals surface area (Å²) < 4.78 is 0. The Morgan fingerprint density at radius 2 is 0.686 bits per heavy atom. The van der Waals surface area contributed by atoms with Crippen molar-refractivity contribution in [2.45, 2.75) is 0 Å².